The Morgan fingerprint density at radius 2 is 2.17 bits per heavy atom. The van der Waals surface area contributed by atoms with Gasteiger partial charge in [-0.05, 0) is 23.6 Å². The third-order valence-corrected chi connectivity index (χ3v) is 4.20. The second-order valence-corrected chi connectivity index (χ2v) is 5.65. The van der Waals surface area contributed by atoms with Gasteiger partial charge < -0.3 is 20.1 Å². The molecule has 0 radical (unpaired) electrons. The molecule has 0 spiro atoms. The second kappa shape index (κ2) is 6.88. The topological polar surface area (TPSA) is 61.8 Å². The lowest BCUT2D eigenvalue weighted by Crippen LogP contribution is -2.43. The standard InChI is InChI=1S/C18H19FN2O3/c1-24-15-9-13(19)8-14(10-15)20-18(23)21-7-6-12-4-2-3-5-16(12)17(21)11-22/h2-5,8-10,17,22H,6-7,11H2,1H3,(H,20,23). The van der Waals surface area contributed by atoms with Crippen LogP contribution in [-0.2, 0) is 6.42 Å². The van der Waals surface area contributed by atoms with Gasteiger partial charge in [0.05, 0.1) is 19.8 Å². The number of urea groups is 1. The van der Waals surface area contributed by atoms with E-state index in [1.54, 1.807) is 11.0 Å². The van der Waals surface area contributed by atoms with E-state index in [9.17, 15) is 14.3 Å². The van der Waals surface area contributed by atoms with Gasteiger partial charge in [-0.25, -0.2) is 9.18 Å². The number of halogens is 1. The van der Waals surface area contributed by atoms with Gasteiger partial charge in [0, 0.05) is 24.4 Å². The van der Waals surface area contributed by atoms with Gasteiger partial charge in [0.2, 0.25) is 0 Å². The third-order valence-electron chi connectivity index (χ3n) is 4.20. The molecule has 2 amide bonds. The van der Waals surface area contributed by atoms with Gasteiger partial charge in [-0.15, -0.1) is 0 Å². The van der Waals surface area contributed by atoms with Gasteiger partial charge >= 0.3 is 6.03 Å². The number of carbonyl (C=O) groups excluding carboxylic acids is 1. The molecule has 0 saturated carbocycles. The lowest BCUT2D eigenvalue weighted by Gasteiger charge is -2.36. The predicted molar refractivity (Wildman–Crippen MR) is 88.6 cm³/mol. The van der Waals surface area contributed by atoms with Crippen LogP contribution in [0.2, 0.25) is 0 Å². The summed E-state index contributed by atoms with van der Waals surface area (Å²) in [6.45, 7) is 0.317. The van der Waals surface area contributed by atoms with Crippen molar-refractivity contribution in [2.45, 2.75) is 12.5 Å². The molecule has 0 bridgehead atoms. The second-order valence-electron chi connectivity index (χ2n) is 5.65. The Hall–Kier alpha value is -2.60. The number of hydrogen-bond acceptors (Lipinski definition) is 3. The number of nitrogens with zero attached hydrogens (tertiary/aromatic N) is 1. The van der Waals surface area contributed by atoms with Crippen molar-refractivity contribution in [2.75, 3.05) is 25.6 Å². The number of aliphatic hydroxyl groups is 1. The van der Waals surface area contributed by atoms with Crippen molar-refractivity contribution < 1.29 is 19.0 Å². The Balaban J connectivity index is 1.81. The first-order valence-electron chi connectivity index (χ1n) is 7.73. The fourth-order valence-electron chi connectivity index (χ4n) is 3.04. The van der Waals surface area contributed by atoms with Crippen molar-refractivity contribution in [1.82, 2.24) is 4.90 Å². The number of nitrogens with one attached hydrogen (secondary N) is 1. The molecule has 5 nitrogen and oxygen atoms in total. The molecule has 1 heterocycles. The summed E-state index contributed by atoms with van der Waals surface area (Å²) in [6.07, 6.45) is 0.715. The molecule has 1 atom stereocenters. The zero-order valence-corrected chi connectivity index (χ0v) is 13.3. The van der Waals surface area contributed by atoms with Crippen molar-refractivity contribution in [2.24, 2.45) is 0 Å². The molecule has 0 fully saturated rings. The summed E-state index contributed by atoms with van der Waals surface area (Å²) in [4.78, 5) is 14.2. The molecule has 2 aromatic rings. The SMILES string of the molecule is COc1cc(F)cc(NC(=O)N2CCc3ccccc3C2CO)c1. The first-order valence-corrected chi connectivity index (χ1v) is 7.73. The van der Waals surface area contributed by atoms with Crippen molar-refractivity contribution >= 4 is 11.7 Å². The Morgan fingerprint density at radius 1 is 1.38 bits per heavy atom. The molecule has 24 heavy (non-hydrogen) atoms. The van der Waals surface area contributed by atoms with E-state index < -0.39 is 11.9 Å². The molecule has 3 rings (SSSR count). The van der Waals surface area contributed by atoms with Gasteiger partial charge in [0.15, 0.2) is 0 Å². The first kappa shape index (κ1) is 16.3. The van der Waals surface area contributed by atoms with Crippen molar-refractivity contribution in [3.63, 3.8) is 0 Å². The van der Waals surface area contributed by atoms with E-state index in [2.05, 4.69) is 5.32 Å². The van der Waals surface area contributed by atoms with E-state index in [1.165, 1.54) is 19.2 Å². The van der Waals surface area contributed by atoms with Crippen LogP contribution >= 0.6 is 0 Å². The molecule has 0 aromatic heterocycles. The normalized spacial score (nSPS) is 16.5. The van der Waals surface area contributed by atoms with Crippen LogP contribution in [0.1, 0.15) is 17.2 Å². The lowest BCUT2D eigenvalue weighted by molar-refractivity contribution is 0.135. The molecule has 2 aromatic carbocycles. The summed E-state index contributed by atoms with van der Waals surface area (Å²) in [5.41, 5.74) is 2.39. The predicted octanol–water partition coefficient (Wildman–Crippen LogP) is 2.96. The number of amides is 2. The number of carbonyl (C=O) groups is 1. The van der Waals surface area contributed by atoms with Gasteiger partial charge in [-0.1, -0.05) is 24.3 Å². The summed E-state index contributed by atoms with van der Waals surface area (Å²) in [5, 5.41) is 12.4. The fraction of sp³-hybridized carbons (Fsp3) is 0.278. The van der Waals surface area contributed by atoms with Crippen LogP contribution in [0, 0.1) is 5.82 Å². The maximum absolute atomic E-state index is 13.6. The molecule has 2 N–H and O–H groups in total. The van der Waals surface area contributed by atoms with Crippen LogP contribution < -0.4 is 10.1 Å². The average Bonchev–Trinajstić information content (AvgIpc) is 2.59. The summed E-state index contributed by atoms with van der Waals surface area (Å²) in [5.74, 6) is -0.166. The Bertz CT molecular complexity index is 751. The van der Waals surface area contributed by atoms with Crippen molar-refractivity contribution in [1.29, 1.82) is 0 Å². The summed E-state index contributed by atoms with van der Waals surface area (Å²) >= 11 is 0. The van der Waals surface area contributed by atoms with Crippen molar-refractivity contribution in [3.05, 3.63) is 59.4 Å². The van der Waals surface area contributed by atoms with Gasteiger partial charge in [0.25, 0.3) is 0 Å². The highest BCUT2D eigenvalue weighted by Gasteiger charge is 2.30. The minimum Gasteiger partial charge on any atom is -0.497 e. The van der Waals surface area contributed by atoms with Crippen LogP contribution in [0.25, 0.3) is 0 Å². The third kappa shape index (κ3) is 3.19. The number of aliphatic hydroxyl groups excluding tert-OH is 1. The Kier molecular flexibility index (Phi) is 4.66. The highest BCUT2D eigenvalue weighted by molar-refractivity contribution is 5.90. The van der Waals surface area contributed by atoms with Crippen LogP contribution in [0.3, 0.4) is 0 Å². The molecular formula is C18H19FN2O3. The lowest BCUT2D eigenvalue weighted by atomic mass is 9.93. The average molecular weight is 330 g/mol. The fourth-order valence-corrected chi connectivity index (χ4v) is 3.04. The first-order chi connectivity index (χ1) is 11.6. The van der Waals surface area contributed by atoms with E-state index in [0.29, 0.717) is 24.4 Å². The maximum atomic E-state index is 13.6. The summed E-state index contributed by atoms with van der Waals surface area (Å²) in [6, 6.07) is 11.0. The maximum Gasteiger partial charge on any atom is 0.322 e. The highest BCUT2D eigenvalue weighted by Crippen LogP contribution is 2.30. The zero-order valence-electron chi connectivity index (χ0n) is 13.3. The van der Waals surface area contributed by atoms with Crippen molar-refractivity contribution in [3.8, 4) is 5.75 Å². The van der Waals surface area contributed by atoms with E-state index in [0.717, 1.165) is 11.1 Å². The molecule has 1 aliphatic heterocycles. The molecule has 126 valence electrons. The van der Waals surface area contributed by atoms with Crippen LogP contribution in [0.15, 0.2) is 42.5 Å². The number of benzene rings is 2. The molecular weight excluding hydrogens is 311 g/mol. The number of hydrogen-bond donors (Lipinski definition) is 2. The van der Waals surface area contributed by atoms with Crippen LogP contribution in [0.5, 0.6) is 5.75 Å². The summed E-state index contributed by atoms with van der Waals surface area (Å²) in [7, 11) is 1.43. The smallest absolute Gasteiger partial charge is 0.322 e. The van der Waals surface area contributed by atoms with Gasteiger partial charge in [-0.2, -0.15) is 0 Å². The molecule has 6 heteroatoms. The monoisotopic (exact) mass is 330 g/mol. The van der Waals surface area contributed by atoms with E-state index in [4.69, 9.17) is 4.74 Å². The minimum atomic E-state index is -0.493. The Morgan fingerprint density at radius 3 is 2.92 bits per heavy atom. The number of methoxy groups -OCH3 is 1. The largest absolute Gasteiger partial charge is 0.497 e. The van der Waals surface area contributed by atoms with Gasteiger partial charge in [0.1, 0.15) is 11.6 Å². The summed E-state index contributed by atoms with van der Waals surface area (Å²) < 4.78 is 18.6. The molecule has 1 unspecified atom stereocenters. The van der Waals surface area contributed by atoms with E-state index in [1.807, 2.05) is 24.3 Å². The van der Waals surface area contributed by atoms with Crippen LogP contribution in [-0.4, -0.2) is 36.3 Å². The molecule has 0 aliphatic carbocycles. The number of fused-ring (bicyclic) bond motifs is 1. The number of ether oxygens (including phenoxy) is 1. The molecule has 0 saturated heterocycles. The Labute approximate surface area is 139 Å². The van der Waals surface area contributed by atoms with E-state index >= 15 is 0 Å². The minimum absolute atomic E-state index is 0.170. The number of rotatable bonds is 3. The van der Waals surface area contributed by atoms with E-state index in [-0.39, 0.29) is 12.6 Å². The van der Waals surface area contributed by atoms with Gasteiger partial charge in [-0.3, -0.25) is 0 Å². The zero-order chi connectivity index (χ0) is 17.1. The quantitative estimate of drug-likeness (QED) is 0.909. The highest BCUT2D eigenvalue weighted by atomic mass is 19.1. The number of anilines is 1. The van der Waals surface area contributed by atoms with Crippen LogP contribution in [0.4, 0.5) is 14.9 Å². The molecule has 1 aliphatic rings.